The highest BCUT2D eigenvalue weighted by atomic mass is 16.3. The monoisotopic (exact) mass is 691 g/mol. The topological polar surface area (TPSA) is 64.6 Å². The number of aromatic amines is 1. The SMILES string of the molecule is c1ccc(-n2c(-c3cccc4c3[nH]c3cc5c(cc34)oc3ccccc35)nc3c(-c4ccc5c6ccccc6n(-c6ccccn6)c5c4)cccc32)cc1. The van der Waals surface area contributed by atoms with Gasteiger partial charge in [-0.2, -0.15) is 0 Å². The third-order valence-electron chi connectivity index (χ3n) is 10.9. The Hall–Kier alpha value is -7.44. The summed E-state index contributed by atoms with van der Waals surface area (Å²) in [5, 5.41) is 6.86. The molecular weight excluding hydrogens is 663 g/mol. The molecule has 6 heteroatoms. The van der Waals surface area contributed by atoms with Crippen LogP contribution in [0.3, 0.4) is 0 Å². The third kappa shape index (κ3) is 4.10. The van der Waals surface area contributed by atoms with Crippen molar-refractivity contribution in [3.05, 3.63) is 170 Å². The quantitative estimate of drug-likeness (QED) is 0.200. The number of furan rings is 1. The van der Waals surface area contributed by atoms with E-state index in [2.05, 4.69) is 154 Å². The number of hydrogen-bond acceptors (Lipinski definition) is 3. The van der Waals surface area contributed by atoms with E-state index in [9.17, 15) is 0 Å². The Morgan fingerprint density at radius 3 is 2.15 bits per heavy atom. The van der Waals surface area contributed by atoms with Gasteiger partial charge in [0.1, 0.15) is 22.8 Å². The van der Waals surface area contributed by atoms with Gasteiger partial charge < -0.3 is 9.40 Å². The first kappa shape index (κ1) is 29.2. The highest BCUT2D eigenvalue weighted by Gasteiger charge is 2.22. The third-order valence-corrected chi connectivity index (χ3v) is 10.9. The van der Waals surface area contributed by atoms with E-state index in [-0.39, 0.29) is 0 Å². The number of H-pyrrole nitrogens is 1. The molecule has 12 rings (SSSR count). The molecule has 0 aliphatic heterocycles. The van der Waals surface area contributed by atoms with Gasteiger partial charge in [0, 0.05) is 60.8 Å². The summed E-state index contributed by atoms with van der Waals surface area (Å²) in [6, 6.07) is 57.5. The van der Waals surface area contributed by atoms with Crippen LogP contribution in [-0.4, -0.2) is 24.1 Å². The molecule has 12 aromatic rings. The van der Waals surface area contributed by atoms with Crippen LogP contribution in [0.2, 0.25) is 0 Å². The lowest BCUT2D eigenvalue weighted by Crippen LogP contribution is -1.97. The molecule has 7 aromatic carbocycles. The first-order chi connectivity index (χ1) is 26.8. The van der Waals surface area contributed by atoms with Crippen molar-refractivity contribution in [1.29, 1.82) is 0 Å². The van der Waals surface area contributed by atoms with E-state index >= 15 is 0 Å². The van der Waals surface area contributed by atoms with Crippen LogP contribution in [0, 0.1) is 0 Å². The zero-order valence-corrected chi connectivity index (χ0v) is 28.9. The van der Waals surface area contributed by atoms with Crippen LogP contribution in [0.1, 0.15) is 0 Å². The first-order valence-corrected chi connectivity index (χ1v) is 18.2. The second-order valence-electron chi connectivity index (χ2n) is 13.9. The van der Waals surface area contributed by atoms with Gasteiger partial charge in [-0.05, 0) is 72.3 Å². The van der Waals surface area contributed by atoms with E-state index < -0.39 is 0 Å². The molecule has 5 aromatic heterocycles. The second-order valence-corrected chi connectivity index (χ2v) is 13.9. The molecule has 54 heavy (non-hydrogen) atoms. The number of para-hydroxylation sites is 5. The van der Waals surface area contributed by atoms with Crippen molar-refractivity contribution in [3.63, 3.8) is 0 Å². The van der Waals surface area contributed by atoms with E-state index in [1.165, 1.54) is 10.8 Å². The molecule has 0 aliphatic rings. The predicted molar refractivity (Wildman–Crippen MR) is 221 cm³/mol. The molecule has 6 nitrogen and oxygen atoms in total. The van der Waals surface area contributed by atoms with Gasteiger partial charge in [0.05, 0.1) is 27.6 Å². The lowest BCUT2D eigenvalue weighted by atomic mass is 10.0. The Bertz CT molecular complexity index is 3440. The standard InChI is InChI=1S/C48H29N5O/c1-2-12-30(13-3-1)52-41-20-11-16-31(29-23-24-33-32-14-4-6-19-40(32)53(42(33)26-29)45-22-8-9-25-49-45)47(41)51-48(52)36-18-10-17-35-37-28-44-38(27-39(37)50-46(35)36)34-15-5-7-21-43(34)54-44/h1-28,50H. The maximum atomic E-state index is 6.31. The van der Waals surface area contributed by atoms with Crippen LogP contribution in [0.15, 0.2) is 174 Å². The molecule has 0 saturated heterocycles. The fraction of sp³-hybridized carbons (Fsp3) is 0. The summed E-state index contributed by atoms with van der Waals surface area (Å²) in [4.78, 5) is 14.1. The summed E-state index contributed by atoms with van der Waals surface area (Å²) in [5.74, 6) is 1.76. The van der Waals surface area contributed by atoms with Crippen molar-refractivity contribution < 1.29 is 4.42 Å². The number of pyridine rings is 1. The average Bonchev–Trinajstić information content (AvgIpc) is 3.99. The van der Waals surface area contributed by atoms with Gasteiger partial charge in [-0.25, -0.2) is 9.97 Å². The summed E-state index contributed by atoms with van der Waals surface area (Å²) in [6.07, 6.45) is 1.85. The lowest BCUT2D eigenvalue weighted by Gasteiger charge is -2.11. The molecule has 0 radical (unpaired) electrons. The van der Waals surface area contributed by atoms with Crippen molar-refractivity contribution in [2.45, 2.75) is 0 Å². The van der Waals surface area contributed by atoms with Gasteiger partial charge >= 0.3 is 0 Å². The highest BCUT2D eigenvalue weighted by Crippen LogP contribution is 2.41. The van der Waals surface area contributed by atoms with Crippen LogP contribution >= 0.6 is 0 Å². The lowest BCUT2D eigenvalue weighted by molar-refractivity contribution is 0.669. The molecule has 252 valence electrons. The van der Waals surface area contributed by atoms with Crippen molar-refractivity contribution >= 4 is 76.6 Å². The van der Waals surface area contributed by atoms with Gasteiger partial charge in [0.15, 0.2) is 0 Å². The summed E-state index contributed by atoms with van der Waals surface area (Å²) in [6.45, 7) is 0. The second kappa shape index (κ2) is 11.0. The molecule has 0 saturated carbocycles. The Balaban J connectivity index is 1.11. The Morgan fingerprint density at radius 2 is 1.24 bits per heavy atom. The zero-order chi connectivity index (χ0) is 35.3. The average molecular weight is 692 g/mol. The Kier molecular flexibility index (Phi) is 5.96. The molecular formula is C48H29N5O. The van der Waals surface area contributed by atoms with Crippen molar-refractivity contribution in [2.24, 2.45) is 0 Å². The smallest absolute Gasteiger partial charge is 0.147 e. The number of imidazole rings is 1. The summed E-state index contributed by atoms with van der Waals surface area (Å²) in [7, 11) is 0. The van der Waals surface area contributed by atoms with Crippen LogP contribution in [0.5, 0.6) is 0 Å². The highest BCUT2D eigenvalue weighted by molar-refractivity contribution is 6.18. The molecule has 0 fully saturated rings. The first-order valence-electron chi connectivity index (χ1n) is 18.2. The van der Waals surface area contributed by atoms with Crippen molar-refractivity contribution in [3.8, 4) is 34.0 Å². The van der Waals surface area contributed by atoms with E-state index in [0.29, 0.717) is 0 Å². The number of nitrogens with one attached hydrogen (secondary N) is 1. The van der Waals surface area contributed by atoms with Crippen molar-refractivity contribution in [1.82, 2.24) is 24.1 Å². The normalized spacial score (nSPS) is 12.1. The summed E-state index contributed by atoms with van der Waals surface area (Å²) < 4.78 is 10.9. The Labute approximate surface area is 308 Å². The number of hydrogen-bond donors (Lipinski definition) is 1. The number of rotatable bonds is 4. The molecule has 1 N–H and O–H groups in total. The number of fused-ring (bicyclic) bond motifs is 10. The van der Waals surface area contributed by atoms with Gasteiger partial charge in [0.2, 0.25) is 0 Å². The Morgan fingerprint density at radius 1 is 0.481 bits per heavy atom. The molecule has 0 spiro atoms. The van der Waals surface area contributed by atoms with E-state index in [4.69, 9.17) is 14.4 Å². The van der Waals surface area contributed by atoms with Crippen LogP contribution in [-0.2, 0) is 0 Å². The largest absolute Gasteiger partial charge is 0.456 e. The summed E-state index contributed by atoms with van der Waals surface area (Å²) in [5.41, 5.74) is 12.3. The zero-order valence-electron chi connectivity index (χ0n) is 28.9. The number of nitrogens with zero attached hydrogens (tertiary/aromatic N) is 4. The molecule has 5 heterocycles. The van der Waals surface area contributed by atoms with Crippen LogP contribution in [0.25, 0.3) is 111 Å². The van der Waals surface area contributed by atoms with Crippen molar-refractivity contribution in [2.75, 3.05) is 0 Å². The minimum atomic E-state index is 0.874. The van der Waals surface area contributed by atoms with E-state index in [1.807, 2.05) is 30.5 Å². The molecule has 0 unspecified atom stereocenters. The molecule has 0 atom stereocenters. The predicted octanol–water partition coefficient (Wildman–Crippen LogP) is 12.4. The van der Waals surface area contributed by atoms with Gasteiger partial charge in [-0.1, -0.05) is 97.1 Å². The fourth-order valence-electron chi connectivity index (χ4n) is 8.55. The molecule has 0 bridgehead atoms. The minimum absolute atomic E-state index is 0.874. The summed E-state index contributed by atoms with van der Waals surface area (Å²) >= 11 is 0. The fourth-order valence-corrected chi connectivity index (χ4v) is 8.55. The van der Waals surface area contributed by atoms with Gasteiger partial charge in [-0.15, -0.1) is 0 Å². The maximum absolute atomic E-state index is 6.31. The molecule has 0 amide bonds. The van der Waals surface area contributed by atoms with Gasteiger partial charge in [-0.3, -0.25) is 9.13 Å². The molecule has 0 aliphatic carbocycles. The number of benzene rings is 7. The van der Waals surface area contributed by atoms with Crippen LogP contribution < -0.4 is 0 Å². The van der Waals surface area contributed by atoms with E-state index in [0.717, 1.165) is 99.8 Å². The van der Waals surface area contributed by atoms with Gasteiger partial charge in [0.25, 0.3) is 0 Å². The van der Waals surface area contributed by atoms with E-state index in [1.54, 1.807) is 0 Å². The number of aromatic nitrogens is 5. The maximum Gasteiger partial charge on any atom is 0.147 e. The van der Waals surface area contributed by atoms with Crippen LogP contribution in [0.4, 0.5) is 0 Å². The minimum Gasteiger partial charge on any atom is -0.456 e.